The van der Waals surface area contributed by atoms with Gasteiger partial charge in [0.25, 0.3) is 5.91 Å². The number of amides is 1. The molecular formula is C18H20FN3O3. The Morgan fingerprint density at radius 2 is 2.24 bits per heavy atom. The SMILES string of the molecule is CNc1cccc([C@@H]2CN(C(=O)c3ccc(OC)c(F)c3)CCO2)n1. The number of aromatic nitrogens is 1. The molecule has 2 heterocycles. The van der Waals surface area contributed by atoms with Crippen molar-refractivity contribution in [2.24, 2.45) is 0 Å². The predicted octanol–water partition coefficient (Wildman–Crippen LogP) is 2.48. The first-order valence-electron chi connectivity index (χ1n) is 8.01. The van der Waals surface area contributed by atoms with Gasteiger partial charge in [0.05, 0.1) is 26.0 Å². The van der Waals surface area contributed by atoms with Gasteiger partial charge >= 0.3 is 0 Å². The van der Waals surface area contributed by atoms with Gasteiger partial charge in [-0.3, -0.25) is 4.79 Å². The van der Waals surface area contributed by atoms with Crippen molar-refractivity contribution in [1.29, 1.82) is 0 Å². The third-order valence-corrected chi connectivity index (χ3v) is 4.11. The van der Waals surface area contributed by atoms with E-state index >= 15 is 0 Å². The highest BCUT2D eigenvalue weighted by atomic mass is 19.1. The fourth-order valence-electron chi connectivity index (χ4n) is 2.76. The molecule has 1 amide bonds. The molecule has 2 aromatic rings. The van der Waals surface area contributed by atoms with Crippen LogP contribution < -0.4 is 10.1 Å². The average molecular weight is 345 g/mol. The average Bonchev–Trinajstić information content (AvgIpc) is 2.67. The van der Waals surface area contributed by atoms with E-state index in [-0.39, 0.29) is 23.3 Å². The molecule has 1 aliphatic rings. The second-order valence-electron chi connectivity index (χ2n) is 5.66. The lowest BCUT2D eigenvalue weighted by atomic mass is 10.1. The van der Waals surface area contributed by atoms with Gasteiger partial charge in [-0.25, -0.2) is 9.37 Å². The van der Waals surface area contributed by atoms with E-state index in [0.29, 0.717) is 19.7 Å². The summed E-state index contributed by atoms with van der Waals surface area (Å²) in [5, 5.41) is 2.98. The number of halogens is 1. The molecule has 0 bridgehead atoms. The molecule has 1 saturated heterocycles. The second-order valence-corrected chi connectivity index (χ2v) is 5.66. The Balaban J connectivity index is 1.76. The van der Waals surface area contributed by atoms with Crippen LogP contribution in [0.2, 0.25) is 0 Å². The van der Waals surface area contributed by atoms with Crippen LogP contribution in [-0.2, 0) is 4.74 Å². The fraction of sp³-hybridized carbons (Fsp3) is 0.333. The lowest BCUT2D eigenvalue weighted by Crippen LogP contribution is -2.42. The van der Waals surface area contributed by atoms with Crippen LogP contribution in [0.25, 0.3) is 0 Å². The Bertz CT molecular complexity index is 769. The van der Waals surface area contributed by atoms with Crippen molar-refractivity contribution in [2.45, 2.75) is 6.10 Å². The zero-order valence-corrected chi connectivity index (χ0v) is 14.2. The molecule has 0 aliphatic carbocycles. The van der Waals surface area contributed by atoms with E-state index in [2.05, 4.69) is 10.3 Å². The molecule has 0 unspecified atom stereocenters. The number of rotatable bonds is 4. The molecule has 1 N–H and O–H groups in total. The van der Waals surface area contributed by atoms with E-state index in [1.165, 1.54) is 19.2 Å². The Morgan fingerprint density at radius 1 is 1.40 bits per heavy atom. The highest BCUT2D eigenvalue weighted by Gasteiger charge is 2.27. The number of hydrogen-bond acceptors (Lipinski definition) is 5. The number of nitrogens with one attached hydrogen (secondary N) is 1. The van der Waals surface area contributed by atoms with Crippen molar-refractivity contribution >= 4 is 11.7 Å². The zero-order valence-electron chi connectivity index (χ0n) is 14.2. The molecule has 0 saturated carbocycles. The quantitative estimate of drug-likeness (QED) is 0.922. The van der Waals surface area contributed by atoms with Crippen molar-refractivity contribution in [1.82, 2.24) is 9.88 Å². The molecule has 1 fully saturated rings. The first-order chi connectivity index (χ1) is 12.1. The van der Waals surface area contributed by atoms with Crippen LogP contribution in [0.3, 0.4) is 0 Å². The van der Waals surface area contributed by atoms with Gasteiger partial charge in [0.2, 0.25) is 0 Å². The second kappa shape index (κ2) is 7.48. The van der Waals surface area contributed by atoms with E-state index in [4.69, 9.17) is 9.47 Å². The molecule has 25 heavy (non-hydrogen) atoms. The van der Waals surface area contributed by atoms with Crippen LogP contribution in [-0.4, -0.2) is 49.6 Å². The summed E-state index contributed by atoms with van der Waals surface area (Å²) in [5.74, 6) is 0.0624. The summed E-state index contributed by atoms with van der Waals surface area (Å²) in [6.07, 6.45) is -0.311. The molecule has 0 spiro atoms. The maximum absolute atomic E-state index is 13.9. The van der Waals surface area contributed by atoms with Crippen molar-refractivity contribution in [3.63, 3.8) is 0 Å². The van der Waals surface area contributed by atoms with Crippen molar-refractivity contribution in [3.05, 3.63) is 53.5 Å². The molecule has 1 atom stereocenters. The number of anilines is 1. The molecule has 3 rings (SSSR count). The minimum Gasteiger partial charge on any atom is -0.494 e. The van der Waals surface area contributed by atoms with Crippen LogP contribution in [0.15, 0.2) is 36.4 Å². The zero-order chi connectivity index (χ0) is 17.8. The molecule has 7 heteroatoms. The van der Waals surface area contributed by atoms with Crippen molar-refractivity contribution in [2.75, 3.05) is 39.2 Å². The monoisotopic (exact) mass is 345 g/mol. The van der Waals surface area contributed by atoms with E-state index in [0.717, 1.165) is 11.5 Å². The van der Waals surface area contributed by atoms with Gasteiger partial charge in [-0.05, 0) is 30.3 Å². The summed E-state index contributed by atoms with van der Waals surface area (Å²) in [4.78, 5) is 18.8. The maximum Gasteiger partial charge on any atom is 0.254 e. The Hall–Kier alpha value is -2.67. The molecule has 1 aliphatic heterocycles. The molecule has 1 aromatic carbocycles. The van der Waals surface area contributed by atoms with Gasteiger partial charge < -0.3 is 19.7 Å². The van der Waals surface area contributed by atoms with Gasteiger partial charge in [-0.1, -0.05) is 6.07 Å². The molecular weight excluding hydrogens is 325 g/mol. The lowest BCUT2D eigenvalue weighted by molar-refractivity contribution is -0.0246. The van der Waals surface area contributed by atoms with Gasteiger partial charge in [0.15, 0.2) is 11.6 Å². The van der Waals surface area contributed by atoms with E-state index in [1.807, 2.05) is 18.2 Å². The van der Waals surface area contributed by atoms with Gasteiger partial charge in [0, 0.05) is 19.2 Å². The molecule has 1 aromatic heterocycles. The van der Waals surface area contributed by atoms with Crippen LogP contribution in [0.1, 0.15) is 22.2 Å². The van der Waals surface area contributed by atoms with Crippen LogP contribution in [0.4, 0.5) is 10.2 Å². The topological polar surface area (TPSA) is 63.7 Å². The normalized spacial score (nSPS) is 17.2. The Labute approximate surface area is 145 Å². The van der Waals surface area contributed by atoms with Crippen molar-refractivity contribution < 1.29 is 18.7 Å². The third-order valence-electron chi connectivity index (χ3n) is 4.11. The number of nitrogens with zero attached hydrogens (tertiary/aromatic N) is 2. The molecule has 6 nitrogen and oxygen atoms in total. The first-order valence-corrected chi connectivity index (χ1v) is 8.01. The standard InChI is InChI=1S/C18H20FN3O3/c1-20-17-5-3-4-14(21-17)16-11-22(8-9-25-16)18(23)12-6-7-15(24-2)13(19)10-12/h3-7,10,16H,8-9,11H2,1-2H3,(H,20,21)/t16-/m0/s1. The van der Waals surface area contributed by atoms with Crippen LogP contribution in [0, 0.1) is 5.82 Å². The number of morpholine rings is 1. The fourth-order valence-corrected chi connectivity index (χ4v) is 2.76. The predicted molar refractivity (Wildman–Crippen MR) is 91.3 cm³/mol. The summed E-state index contributed by atoms with van der Waals surface area (Å²) in [7, 11) is 3.18. The van der Waals surface area contributed by atoms with Gasteiger partial charge in [-0.15, -0.1) is 0 Å². The minimum absolute atomic E-state index is 0.115. The summed E-state index contributed by atoms with van der Waals surface area (Å²) >= 11 is 0. The number of benzene rings is 1. The maximum atomic E-state index is 13.9. The smallest absolute Gasteiger partial charge is 0.254 e. The van der Waals surface area contributed by atoms with Gasteiger partial charge in [-0.2, -0.15) is 0 Å². The number of ether oxygens (including phenoxy) is 2. The number of methoxy groups -OCH3 is 1. The third kappa shape index (κ3) is 3.71. The number of pyridine rings is 1. The first kappa shape index (κ1) is 17.2. The summed E-state index contributed by atoms with van der Waals surface area (Å²) < 4.78 is 24.5. The summed E-state index contributed by atoms with van der Waals surface area (Å²) in [6, 6.07) is 9.83. The Morgan fingerprint density at radius 3 is 2.96 bits per heavy atom. The largest absolute Gasteiger partial charge is 0.494 e. The van der Waals surface area contributed by atoms with Crippen LogP contribution in [0.5, 0.6) is 5.75 Å². The molecule has 0 radical (unpaired) electrons. The van der Waals surface area contributed by atoms with E-state index < -0.39 is 5.82 Å². The Kier molecular flexibility index (Phi) is 5.14. The number of carbonyl (C=O) groups excluding carboxylic acids is 1. The number of hydrogen-bond donors (Lipinski definition) is 1. The minimum atomic E-state index is -0.554. The van der Waals surface area contributed by atoms with E-state index in [9.17, 15) is 9.18 Å². The van der Waals surface area contributed by atoms with Crippen LogP contribution >= 0.6 is 0 Å². The highest BCUT2D eigenvalue weighted by molar-refractivity contribution is 5.94. The number of carbonyl (C=O) groups is 1. The van der Waals surface area contributed by atoms with E-state index in [1.54, 1.807) is 18.0 Å². The summed E-state index contributed by atoms with van der Waals surface area (Å²) in [6.45, 7) is 1.22. The molecule has 132 valence electrons. The summed E-state index contributed by atoms with van der Waals surface area (Å²) in [5.41, 5.74) is 1.04. The van der Waals surface area contributed by atoms with Gasteiger partial charge in [0.1, 0.15) is 11.9 Å². The lowest BCUT2D eigenvalue weighted by Gasteiger charge is -2.33. The van der Waals surface area contributed by atoms with Crippen molar-refractivity contribution in [3.8, 4) is 5.75 Å². The highest BCUT2D eigenvalue weighted by Crippen LogP contribution is 2.24.